The molecule has 1 saturated carbocycles. The Labute approximate surface area is 418 Å². The summed E-state index contributed by atoms with van der Waals surface area (Å²) in [5.74, 6) is 5.14. The van der Waals surface area contributed by atoms with Crippen LogP contribution in [-0.2, 0) is 33.4 Å². The summed E-state index contributed by atoms with van der Waals surface area (Å²) in [5.41, 5.74) is 17.1. The van der Waals surface area contributed by atoms with Crippen LogP contribution >= 0.6 is 0 Å². The van der Waals surface area contributed by atoms with Gasteiger partial charge in [-0.25, -0.2) is 4.99 Å². The molecule has 376 valence electrons. The molecule has 0 spiro atoms. The number of aliphatic hydroxyl groups is 3. The number of hydrogen-bond donors (Lipinski definition) is 7. The first-order valence-electron chi connectivity index (χ1n) is 25.8. The summed E-state index contributed by atoms with van der Waals surface area (Å²) in [5, 5.41) is 43.5. The Morgan fingerprint density at radius 3 is 2.48 bits per heavy atom. The van der Waals surface area contributed by atoms with E-state index < -0.39 is 50.6 Å². The highest BCUT2D eigenvalue weighted by Crippen LogP contribution is 2.56. The van der Waals surface area contributed by atoms with Gasteiger partial charge in [0.05, 0.1) is 17.0 Å². The van der Waals surface area contributed by atoms with E-state index in [0.717, 1.165) is 53.5 Å². The molecule has 10 bridgehead atoms. The minimum atomic E-state index is -4.68. The highest BCUT2D eigenvalue weighted by atomic mass is 32.2. The zero-order valence-electron chi connectivity index (χ0n) is 40.6. The van der Waals surface area contributed by atoms with Crippen LogP contribution in [0.5, 0.6) is 11.5 Å². The maximum absolute atomic E-state index is 14.3. The quantitative estimate of drug-likeness (QED) is 0.0264. The SMILES string of the molecule is CC1CCc2cc3ccc2C1CC(S(=O)(=O)O)C1C=C2CC(CC4CC(CO)CC#Cc5cc(O)ccc5C2O4)C1c1ccc(cc1)C(CC(CCO)C1(O)CCC(Cc2ccccc2)C1)(N=C(N)N)O3. The lowest BCUT2D eigenvalue weighted by Crippen LogP contribution is -2.44. The summed E-state index contributed by atoms with van der Waals surface area (Å²) in [4.78, 5) is 4.98. The summed E-state index contributed by atoms with van der Waals surface area (Å²) in [6, 6.07) is 29.3. The van der Waals surface area contributed by atoms with Crippen LogP contribution in [0.3, 0.4) is 0 Å². The van der Waals surface area contributed by atoms with Gasteiger partial charge >= 0.3 is 0 Å². The van der Waals surface area contributed by atoms with E-state index in [4.69, 9.17) is 25.9 Å². The summed E-state index contributed by atoms with van der Waals surface area (Å²) < 4.78 is 54.5. The molecule has 0 radical (unpaired) electrons. The summed E-state index contributed by atoms with van der Waals surface area (Å²) in [6.45, 7) is 1.92. The molecule has 5 heterocycles. The Hall–Kier alpha value is -5.20. The minimum Gasteiger partial charge on any atom is -0.508 e. The largest absolute Gasteiger partial charge is 0.508 e. The number of aromatic hydroxyl groups is 1. The number of aliphatic hydroxyl groups excluding tert-OH is 2. The van der Waals surface area contributed by atoms with Gasteiger partial charge in [-0.2, -0.15) is 8.42 Å². The number of benzene rings is 4. The molecule has 5 aliphatic heterocycles. The first kappa shape index (κ1) is 49.4. The van der Waals surface area contributed by atoms with E-state index in [1.807, 2.05) is 66.7 Å². The second-order valence-electron chi connectivity index (χ2n) is 21.9. The third kappa shape index (κ3) is 10.1. The van der Waals surface area contributed by atoms with Gasteiger partial charge in [0, 0.05) is 48.7 Å². The van der Waals surface area contributed by atoms with Crippen molar-refractivity contribution in [1.29, 1.82) is 0 Å². The van der Waals surface area contributed by atoms with E-state index in [9.17, 15) is 33.4 Å². The molecule has 8 aliphatic rings. The monoisotopic (exact) mass is 983 g/mol. The van der Waals surface area contributed by atoms with Gasteiger partial charge in [0.2, 0.25) is 5.72 Å². The van der Waals surface area contributed by atoms with E-state index in [2.05, 4.69) is 37.0 Å². The topological polar surface area (TPSA) is 218 Å². The molecule has 4 aromatic carbocycles. The molecule has 2 fully saturated rings. The van der Waals surface area contributed by atoms with Gasteiger partial charge in [0.25, 0.3) is 10.1 Å². The van der Waals surface area contributed by atoms with E-state index in [1.54, 1.807) is 12.1 Å². The predicted octanol–water partition coefficient (Wildman–Crippen LogP) is 8.32. The first-order valence-corrected chi connectivity index (χ1v) is 27.3. The molecular formula is C58H69N3O9S. The van der Waals surface area contributed by atoms with Crippen molar-refractivity contribution in [2.45, 2.75) is 131 Å². The summed E-state index contributed by atoms with van der Waals surface area (Å²) in [7, 11) is -4.68. The normalized spacial score (nSPS) is 32.5. The summed E-state index contributed by atoms with van der Waals surface area (Å²) in [6.07, 6.45) is 8.15. The van der Waals surface area contributed by atoms with Crippen molar-refractivity contribution in [3.63, 3.8) is 0 Å². The van der Waals surface area contributed by atoms with Crippen LogP contribution in [0.15, 0.2) is 108 Å². The Balaban J connectivity index is 1.13. The number of nitrogens with zero attached hydrogens (tertiary/aromatic N) is 1. The van der Waals surface area contributed by atoms with Gasteiger partial charge in [-0.05, 0) is 164 Å². The van der Waals surface area contributed by atoms with Gasteiger partial charge in [-0.3, -0.25) is 4.55 Å². The second kappa shape index (κ2) is 20.0. The minimum absolute atomic E-state index is 0.0698. The van der Waals surface area contributed by atoms with Crippen molar-refractivity contribution in [2.75, 3.05) is 13.2 Å². The standard InChI is InChI=1S/C58H69N3O9S/c1-35-10-11-41-28-47-17-19-49(41)51(35)31-53(71(66,67)68)52-30-43-26-42(29-48-25-38(34-63)8-5-9-40-27-46(64)16-18-50(40)55(43)69-48)54(52)39-12-14-44(15-13-39)58(70-47,61-56(59)60)33-45(21-23-62)57(65)22-20-37(32-57)24-36-6-3-2-4-7-36/h2-4,6-7,12-19,27-28,30,35,37-38,42,45,48,51-55,62-65H,8,10-11,20-26,29,31-34H2,1H3,(H4,59,60,61)(H,66,67,68). The van der Waals surface area contributed by atoms with Crippen molar-refractivity contribution >= 4 is 16.1 Å². The molecule has 12 nitrogen and oxygen atoms in total. The van der Waals surface area contributed by atoms with Crippen molar-refractivity contribution in [1.82, 2.24) is 0 Å². The van der Waals surface area contributed by atoms with Crippen molar-refractivity contribution in [3.05, 3.63) is 142 Å². The lowest BCUT2D eigenvalue weighted by molar-refractivity contribution is -0.0628. The van der Waals surface area contributed by atoms with E-state index in [0.29, 0.717) is 55.4 Å². The van der Waals surface area contributed by atoms with Gasteiger partial charge in [0.1, 0.15) is 17.6 Å². The van der Waals surface area contributed by atoms with Gasteiger partial charge in [-0.15, -0.1) is 0 Å². The molecule has 12 rings (SSSR count). The van der Waals surface area contributed by atoms with Gasteiger partial charge < -0.3 is 41.4 Å². The lowest BCUT2D eigenvalue weighted by atomic mass is 9.64. The molecule has 9 N–H and O–H groups in total. The number of fused-ring (bicyclic) bond motifs is 9. The van der Waals surface area contributed by atoms with Crippen LogP contribution in [-0.4, -0.2) is 69.5 Å². The van der Waals surface area contributed by atoms with Crippen LogP contribution in [0.25, 0.3) is 0 Å². The van der Waals surface area contributed by atoms with Crippen molar-refractivity contribution in [3.8, 4) is 23.3 Å². The second-order valence-corrected chi connectivity index (χ2v) is 23.5. The number of allylic oxidation sites excluding steroid dienone is 1. The van der Waals surface area contributed by atoms with Crippen LogP contribution < -0.4 is 16.2 Å². The van der Waals surface area contributed by atoms with Crippen LogP contribution in [0.4, 0.5) is 0 Å². The van der Waals surface area contributed by atoms with Crippen molar-refractivity contribution in [2.24, 2.45) is 52.0 Å². The van der Waals surface area contributed by atoms with E-state index in [-0.39, 0.29) is 79.9 Å². The number of phenolic OH excluding ortho intramolecular Hbond substituents is 1. The Morgan fingerprint density at radius 2 is 1.73 bits per heavy atom. The average molecular weight is 984 g/mol. The fourth-order valence-electron chi connectivity index (χ4n) is 13.9. The molecule has 1 saturated heterocycles. The van der Waals surface area contributed by atoms with E-state index >= 15 is 0 Å². The molecule has 3 aliphatic carbocycles. The van der Waals surface area contributed by atoms with Crippen LogP contribution in [0.2, 0.25) is 0 Å². The van der Waals surface area contributed by atoms with Crippen molar-refractivity contribution < 1.29 is 42.9 Å². The predicted molar refractivity (Wildman–Crippen MR) is 273 cm³/mol. The van der Waals surface area contributed by atoms with Gasteiger partial charge in [-0.1, -0.05) is 91.6 Å². The maximum atomic E-state index is 14.3. The third-order valence-electron chi connectivity index (χ3n) is 17.3. The number of nitrogens with two attached hydrogens (primary N) is 2. The first-order chi connectivity index (χ1) is 34.1. The molecule has 13 unspecified atom stereocenters. The fourth-order valence-corrected chi connectivity index (χ4v) is 15.0. The molecule has 71 heavy (non-hydrogen) atoms. The number of aryl methyl sites for hydroxylation is 1. The molecule has 4 aromatic rings. The number of hydrogen-bond acceptors (Lipinski definition) is 9. The Kier molecular flexibility index (Phi) is 13.9. The molecule has 0 aromatic heterocycles. The molecular weight excluding hydrogens is 915 g/mol. The zero-order valence-corrected chi connectivity index (χ0v) is 41.4. The highest BCUT2D eigenvalue weighted by molar-refractivity contribution is 7.86. The molecule has 13 atom stereocenters. The molecule has 0 amide bonds. The summed E-state index contributed by atoms with van der Waals surface area (Å²) >= 11 is 0. The van der Waals surface area contributed by atoms with E-state index in [1.165, 1.54) is 5.56 Å². The molecule has 13 heteroatoms. The fraction of sp³-hybridized carbons (Fsp3) is 0.500. The number of phenols is 1. The smallest absolute Gasteiger partial charge is 0.268 e. The average Bonchev–Trinajstić information content (AvgIpc) is 3.65. The number of aliphatic imine (C=N–C) groups is 1. The lowest BCUT2D eigenvalue weighted by Gasteiger charge is -2.42. The van der Waals surface area contributed by atoms with Crippen LogP contribution in [0.1, 0.15) is 134 Å². The Morgan fingerprint density at radius 1 is 0.944 bits per heavy atom. The maximum Gasteiger partial charge on any atom is 0.268 e. The third-order valence-corrected chi connectivity index (χ3v) is 18.6. The number of rotatable bonds is 10. The highest BCUT2D eigenvalue weighted by Gasteiger charge is 2.51. The Bertz CT molecular complexity index is 2820. The zero-order chi connectivity index (χ0) is 49.7. The number of ether oxygens (including phenoxy) is 2. The van der Waals surface area contributed by atoms with Gasteiger partial charge in [0.15, 0.2) is 5.96 Å². The number of guanidine groups is 1. The van der Waals surface area contributed by atoms with Crippen LogP contribution in [0, 0.1) is 47.3 Å².